The first-order chi connectivity index (χ1) is 3.31. The molecule has 0 aromatic rings. The third-order valence-corrected chi connectivity index (χ3v) is 0.713. The Balaban J connectivity index is 0. The van der Waals surface area contributed by atoms with Gasteiger partial charge in [0.15, 0.2) is 0 Å². The van der Waals surface area contributed by atoms with Crippen LogP contribution in [0.4, 0.5) is 0 Å². The second-order valence-corrected chi connectivity index (χ2v) is 1.37. The number of nitrogens with zero attached hydrogens (tertiary/aromatic N) is 1. The fourth-order valence-corrected chi connectivity index (χ4v) is 0.326. The van der Waals surface area contributed by atoms with Crippen LogP contribution in [0, 0.1) is 0 Å². The van der Waals surface area contributed by atoms with Gasteiger partial charge in [0.05, 0.1) is 5.91 Å². The Morgan fingerprint density at radius 1 is 1.62 bits per heavy atom. The average Bonchev–Trinajstić information content (AvgIpc) is 1.68. The van der Waals surface area contributed by atoms with E-state index in [0.717, 1.165) is 6.42 Å². The van der Waals surface area contributed by atoms with Crippen molar-refractivity contribution in [3.8, 4) is 0 Å². The van der Waals surface area contributed by atoms with Crippen LogP contribution < -0.4 is 51.4 Å². The van der Waals surface area contributed by atoms with E-state index in [-0.39, 0.29) is 57.3 Å². The average molecular weight is 139 g/mol. The number of hydrogen-bond donors (Lipinski definition) is 0. The van der Waals surface area contributed by atoms with Crippen LogP contribution in [0.2, 0.25) is 0 Å². The molecular formula is C5H10KNO. The first-order valence-corrected chi connectivity index (χ1v) is 2.44. The first kappa shape index (κ1) is 11.8. The van der Waals surface area contributed by atoms with Gasteiger partial charge in [-0.05, 0) is 6.42 Å². The van der Waals surface area contributed by atoms with E-state index in [2.05, 4.69) is 5.32 Å². The van der Waals surface area contributed by atoms with E-state index in [4.69, 9.17) is 0 Å². The third kappa shape index (κ3) is 7.11. The summed E-state index contributed by atoms with van der Waals surface area (Å²) in [6.07, 6.45) is 1.49. The first-order valence-electron chi connectivity index (χ1n) is 2.44. The van der Waals surface area contributed by atoms with Crippen LogP contribution in [0.1, 0.15) is 19.8 Å². The zero-order valence-corrected chi connectivity index (χ0v) is 8.89. The molecule has 42 valence electrons. The van der Waals surface area contributed by atoms with Crippen molar-refractivity contribution in [2.45, 2.75) is 19.8 Å². The molecule has 0 spiro atoms. The molecule has 0 aliphatic heterocycles. The maximum Gasteiger partial charge on any atom is 1.00 e. The van der Waals surface area contributed by atoms with Gasteiger partial charge in [0.25, 0.3) is 0 Å². The van der Waals surface area contributed by atoms with Crippen molar-refractivity contribution in [2.24, 2.45) is 0 Å². The predicted octanol–water partition coefficient (Wildman–Crippen LogP) is -1.68. The van der Waals surface area contributed by atoms with Crippen molar-refractivity contribution < 1.29 is 56.2 Å². The Morgan fingerprint density at radius 3 is 2.25 bits per heavy atom. The molecule has 0 aromatic carbocycles. The van der Waals surface area contributed by atoms with Gasteiger partial charge in [0.1, 0.15) is 0 Å². The number of amides is 1. The quantitative estimate of drug-likeness (QED) is 0.420. The molecule has 0 radical (unpaired) electrons. The van der Waals surface area contributed by atoms with Crippen molar-refractivity contribution in [1.29, 1.82) is 0 Å². The molecule has 3 heteroatoms. The zero-order chi connectivity index (χ0) is 5.70. The minimum atomic E-state index is 0. The number of carbonyl (C=O) groups excluding carboxylic acids is 1. The van der Waals surface area contributed by atoms with Gasteiger partial charge in [0, 0.05) is 0 Å². The second-order valence-electron chi connectivity index (χ2n) is 1.37. The second kappa shape index (κ2) is 8.11. The number of hydrogen-bond acceptors (Lipinski definition) is 1. The molecule has 0 saturated heterocycles. The predicted molar refractivity (Wildman–Crippen MR) is 29.2 cm³/mol. The molecule has 0 bridgehead atoms. The van der Waals surface area contributed by atoms with Crippen molar-refractivity contribution in [3.63, 3.8) is 0 Å². The fourth-order valence-electron chi connectivity index (χ4n) is 0.326. The summed E-state index contributed by atoms with van der Waals surface area (Å²) in [6, 6.07) is 0. The molecule has 0 unspecified atom stereocenters. The van der Waals surface area contributed by atoms with Crippen molar-refractivity contribution >= 4 is 5.91 Å². The molecule has 2 nitrogen and oxygen atoms in total. The monoisotopic (exact) mass is 139 g/mol. The van der Waals surface area contributed by atoms with Crippen LogP contribution in [-0.2, 0) is 4.79 Å². The SMILES string of the molecule is CCCC(=O)[N-]C.[K+]. The van der Waals surface area contributed by atoms with Gasteiger partial charge in [-0.2, -0.15) is 0 Å². The fraction of sp³-hybridized carbons (Fsp3) is 0.800. The molecular weight excluding hydrogens is 129 g/mol. The molecule has 0 aliphatic rings. The van der Waals surface area contributed by atoms with Crippen LogP contribution in [0.25, 0.3) is 5.32 Å². The van der Waals surface area contributed by atoms with E-state index in [0.29, 0.717) is 6.42 Å². The van der Waals surface area contributed by atoms with E-state index in [1.54, 1.807) is 0 Å². The molecule has 8 heavy (non-hydrogen) atoms. The van der Waals surface area contributed by atoms with Gasteiger partial charge in [-0.3, -0.25) is 0 Å². The molecule has 0 heterocycles. The van der Waals surface area contributed by atoms with Crippen LogP contribution in [-0.4, -0.2) is 13.0 Å². The Hall–Kier alpha value is 1.11. The summed E-state index contributed by atoms with van der Waals surface area (Å²) >= 11 is 0. The Kier molecular flexibility index (Phi) is 12.0. The maximum absolute atomic E-state index is 10.2. The molecule has 0 atom stereocenters. The number of carbonyl (C=O) groups is 1. The molecule has 0 fully saturated rings. The summed E-state index contributed by atoms with van der Waals surface area (Å²) in [5, 5.41) is 3.44. The van der Waals surface area contributed by atoms with Gasteiger partial charge in [-0.15, -0.1) is 7.05 Å². The standard InChI is InChI=1S/C5H11NO.K/c1-3-4-5(7)6-2;/h3-4H2,1-2H3,(H,6,7);/q;+1/p-1. The molecule has 0 saturated carbocycles. The zero-order valence-electron chi connectivity index (χ0n) is 5.77. The van der Waals surface area contributed by atoms with E-state index in [9.17, 15) is 4.79 Å². The third-order valence-electron chi connectivity index (χ3n) is 0.713. The van der Waals surface area contributed by atoms with Crippen LogP contribution in [0.15, 0.2) is 0 Å². The van der Waals surface area contributed by atoms with Gasteiger partial charge in [-0.25, -0.2) is 0 Å². The van der Waals surface area contributed by atoms with E-state index >= 15 is 0 Å². The minimum absolute atomic E-state index is 0. The number of rotatable bonds is 2. The normalized spacial score (nSPS) is 7.25. The van der Waals surface area contributed by atoms with Crippen molar-refractivity contribution in [2.75, 3.05) is 7.05 Å². The van der Waals surface area contributed by atoms with Crippen LogP contribution in [0.5, 0.6) is 0 Å². The topological polar surface area (TPSA) is 31.2 Å². The van der Waals surface area contributed by atoms with Crippen LogP contribution in [0.3, 0.4) is 0 Å². The van der Waals surface area contributed by atoms with Crippen molar-refractivity contribution in [1.82, 2.24) is 0 Å². The van der Waals surface area contributed by atoms with Gasteiger partial charge in [0.2, 0.25) is 0 Å². The summed E-state index contributed by atoms with van der Waals surface area (Å²) in [5.74, 6) is 0.00231. The summed E-state index contributed by atoms with van der Waals surface area (Å²) < 4.78 is 0. The van der Waals surface area contributed by atoms with Crippen molar-refractivity contribution in [3.05, 3.63) is 5.32 Å². The molecule has 0 aromatic heterocycles. The summed E-state index contributed by atoms with van der Waals surface area (Å²) in [4.78, 5) is 10.2. The van der Waals surface area contributed by atoms with Crippen LogP contribution >= 0.6 is 0 Å². The summed E-state index contributed by atoms with van der Waals surface area (Å²) in [6.45, 7) is 1.96. The van der Waals surface area contributed by atoms with Gasteiger partial charge < -0.3 is 10.1 Å². The summed E-state index contributed by atoms with van der Waals surface area (Å²) in [5.41, 5.74) is 0. The Bertz CT molecular complexity index is 65.4. The smallest absolute Gasteiger partial charge is 0.656 e. The maximum atomic E-state index is 10.2. The summed E-state index contributed by atoms with van der Waals surface area (Å²) in [7, 11) is 1.53. The Labute approximate surface area is 92.8 Å². The van der Waals surface area contributed by atoms with Gasteiger partial charge in [-0.1, -0.05) is 13.3 Å². The van der Waals surface area contributed by atoms with E-state index in [1.165, 1.54) is 7.05 Å². The van der Waals surface area contributed by atoms with Gasteiger partial charge >= 0.3 is 51.4 Å². The molecule has 0 N–H and O–H groups in total. The molecule has 1 amide bonds. The minimum Gasteiger partial charge on any atom is -0.656 e. The molecule has 0 rings (SSSR count). The Morgan fingerprint density at radius 2 is 2.12 bits per heavy atom. The van der Waals surface area contributed by atoms with E-state index in [1.807, 2.05) is 6.92 Å². The largest absolute Gasteiger partial charge is 1.00 e. The van der Waals surface area contributed by atoms with E-state index < -0.39 is 0 Å². The molecule has 0 aliphatic carbocycles.